The van der Waals surface area contributed by atoms with Gasteiger partial charge in [-0.05, 0) is 0 Å². The van der Waals surface area contributed by atoms with Gasteiger partial charge >= 0.3 is 0 Å². The van der Waals surface area contributed by atoms with E-state index in [1.165, 1.54) is 0 Å². The summed E-state index contributed by atoms with van der Waals surface area (Å²) in [5.41, 5.74) is 7.67. The summed E-state index contributed by atoms with van der Waals surface area (Å²) in [5.74, 6) is 1.12. The summed E-state index contributed by atoms with van der Waals surface area (Å²) in [6.07, 6.45) is 1.86. The minimum Gasteiger partial charge on any atom is -0.383 e. The first-order valence-corrected chi connectivity index (χ1v) is 6.92. The van der Waals surface area contributed by atoms with Gasteiger partial charge in [0.15, 0.2) is 0 Å². The van der Waals surface area contributed by atoms with Crippen molar-refractivity contribution < 1.29 is 9.47 Å². The molecule has 1 heterocycles. The molecule has 0 amide bonds. The van der Waals surface area contributed by atoms with Crippen LogP contribution in [0.4, 0.5) is 5.69 Å². The number of hydrogen-bond donors (Lipinski definition) is 1. The summed E-state index contributed by atoms with van der Waals surface area (Å²) >= 11 is 0. The van der Waals surface area contributed by atoms with Crippen LogP contribution in [0.2, 0.25) is 0 Å². The molecule has 0 aliphatic rings. The van der Waals surface area contributed by atoms with Crippen molar-refractivity contribution in [3.8, 4) is 0 Å². The molecule has 114 valence electrons. The number of ether oxygens (including phenoxy) is 2. The van der Waals surface area contributed by atoms with Crippen LogP contribution in [0.25, 0.3) is 0 Å². The van der Waals surface area contributed by atoms with Crippen molar-refractivity contribution in [1.29, 1.82) is 0 Å². The Morgan fingerprint density at radius 3 is 2.25 bits per heavy atom. The molecule has 0 spiro atoms. The molecule has 1 aromatic heterocycles. The largest absolute Gasteiger partial charge is 0.383 e. The van der Waals surface area contributed by atoms with E-state index in [-0.39, 0.29) is 0 Å². The Labute approximate surface area is 121 Å². The maximum Gasteiger partial charge on any atom is 0.131 e. The molecule has 0 aromatic carbocycles. The van der Waals surface area contributed by atoms with Crippen molar-refractivity contribution in [3.05, 3.63) is 17.7 Å². The zero-order valence-corrected chi connectivity index (χ0v) is 12.9. The van der Waals surface area contributed by atoms with Gasteiger partial charge in [-0.2, -0.15) is 0 Å². The number of methoxy groups -OCH3 is 2. The molecule has 1 rings (SSSR count). The number of nitrogens with zero attached hydrogens (tertiary/aromatic N) is 3. The van der Waals surface area contributed by atoms with Gasteiger partial charge in [-0.15, -0.1) is 0 Å². The van der Waals surface area contributed by atoms with Gasteiger partial charge in [0.25, 0.3) is 0 Å². The van der Waals surface area contributed by atoms with Crippen molar-refractivity contribution in [2.45, 2.75) is 26.3 Å². The summed E-state index contributed by atoms with van der Waals surface area (Å²) in [4.78, 5) is 11.2. The first kappa shape index (κ1) is 16.8. The summed E-state index contributed by atoms with van der Waals surface area (Å²) in [6, 6.07) is 0. The van der Waals surface area contributed by atoms with E-state index >= 15 is 0 Å². The van der Waals surface area contributed by atoms with Gasteiger partial charge in [-0.3, -0.25) is 0 Å². The molecular formula is C14H26N4O2. The van der Waals surface area contributed by atoms with Crippen LogP contribution in [-0.4, -0.2) is 50.5 Å². The van der Waals surface area contributed by atoms with E-state index in [0.717, 1.165) is 30.3 Å². The van der Waals surface area contributed by atoms with E-state index in [2.05, 4.69) is 28.7 Å². The van der Waals surface area contributed by atoms with Gasteiger partial charge in [0.05, 0.1) is 30.8 Å². The van der Waals surface area contributed by atoms with E-state index in [0.29, 0.717) is 25.7 Å². The average molecular weight is 282 g/mol. The fourth-order valence-corrected chi connectivity index (χ4v) is 1.87. The van der Waals surface area contributed by atoms with Crippen LogP contribution in [0.5, 0.6) is 0 Å². The SMILES string of the molecule is COCCN(CCOC)c1cnc(C(C)C)nc1CN. The molecule has 0 saturated heterocycles. The van der Waals surface area contributed by atoms with Crippen LogP contribution in [0, 0.1) is 0 Å². The topological polar surface area (TPSA) is 73.5 Å². The average Bonchev–Trinajstić information content (AvgIpc) is 2.47. The quantitative estimate of drug-likeness (QED) is 0.732. The lowest BCUT2D eigenvalue weighted by atomic mass is 10.2. The maximum atomic E-state index is 5.84. The smallest absolute Gasteiger partial charge is 0.131 e. The predicted molar refractivity (Wildman–Crippen MR) is 80.0 cm³/mol. The van der Waals surface area contributed by atoms with E-state index in [1.54, 1.807) is 14.2 Å². The highest BCUT2D eigenvalue weighted by atomic mass is 16.5. The molecule has 6 heteroatoms. The first-order valence-electron chi connectivity index (χ1n) is 6.92. The zero-order valence-electron chi connectivity index (χ0n) is 12.9. The van der Waals surface area contributed by atoms with Gasteiger partial charge in [0.2, 0.25) is 0 Å². The fraction of sp³-hybridized carbons (Fsp3) is 0.714. The van der Waals surface area contributed by atoms with Crippen LogP contribution in [0.15, 0.2) is 6.20 Å². The monoisotopic (exact) mass is 282 g/mol. The summed E-state index contributed by atoms with van der Waals surface area (Å²) in [6.45, 7) is 7.34. The fourth-order valence-electron chi connectivity index (χ4n) is 1.87. The molecule has 2 N–H and O–H groups in total. The lowest BCUT2D eigenvalue weighted by Gasteiger charge is -2.26. The van der Waals surface area contributed by atoms with Gasteiger partial charge in [0, 0.05) is 39.8 Å². The lowest BCUT2D eigenvalue weighted by molar-refractivity contribution is 0.190. The molecule has 0 aliphatic heterocycles. The maximum absolute atomic E-state index is 5.84. The highest BCUT2D eigenvalue weighted by Crippen LogP contribution is 2.20. The van der Waals surface area contributed by atoms with Crippen molar-refractivity contribution in [1.82, 2.24) is 9.97 Å². The van der Waals surface area contributed by atoms with E-state index in [4.69, 9.17) is 15.2 Å². The van der Waals surface area contributed by atoms with Crippen LogP contribution in [0.3, 0.4) is 0 Å². The molecule has 1 aromatic rings. The minimum atomic E-state index is 0.292. The Morgan fingerprint density at radius 2 is 1.80 bits per heavy atom. The Morgan fingerprint density at radius 1 is 1.20 bits per heavy atom. The highest BCUT2D eigenvalue weighted by Gasteiger charge is 2.14. The molecule has 0 saturated carbocycles. The van der Waals surface area contributed by atoms with Crippen LogP contribution in [0.1, 0.15) is 31.3 Å². The number of aromatic nitrogens is 2. The molecule has 0 radical (unpaired) electrons. The Hall–Kier alpha value is -1.24. The van der Waals surface area contributed by atoms with Crippen LogP contribution < -0.4 is 10.6 Å². The van der Waals surface area contributed by atoms with Crippen molar-refractivity contribution in [2.75, 3.05) is 45.4 Å². The van der Waals surface area contributed by atoms with Gasteiger partial charge in [-0.1, -0.05) is 13.8 Å². The summed E-state index contributed by atoms with van der Waals surface area (Å²) < 4.78 is 10.3. The molecule has 0 aliphatic carbocycles. The number of hydrogen-bond acceptors (Lipinski definition) is 6. The molecule has 0 atom stereocenters. The number of nitrogens with two attached hydrogens (primary N) is 1. The Balaban J connectivity index is 2.98. The van der Waals surface area contributed by atoms with Crippen molar-refractivity contribution in [2.24, 2.45) is 5.73 Å². The van der Waals surface area contributed by atoms with Gasteiger partial charge < -0.3 is 20.1 Å². The van der Waals surface area contributed by atoms with E-state index < -0.39 is 0 Å². The molecule has 0 bridgehead atoms. The standard InChI is InChI=1S/C14H26N4O2/c1-11(2)14-16-10-13(12(9-15)17-14)18(5-7-19-3)6-8-20-4/h10-11H,5-9,15H2,1-4H3. The summed E-state index contributed by atoms with van der Waals surface area (Å²) in [5, 5.41) is 0. The first-order chi connectivity index (χ1) is 9.63. The van der Waals surface area contributed by atoms with Gasteiger partial charge in [0.1, 0.15) is 5.82 Å². The number of rotatable bonds is 9. The lowest BCUT2D eigenvalue weighted by Crippen LogP contribution is -2.32. The van der Waals surface area contributed by atoms with E-state index in [1.807, 2.05) is 6.20 Å². The third-order valence-corrected chi connectivity index (χ3v) is 3.05. The van der Waals surface area contributed by atoms with Crippen molar-refractivity contribution in [3.63, 3.8) is 0 Å². The second-order valence-corrected chi connectivity index (χ2v) is 4.89. The highest BCUT2D eigenvalue weighted by molar-refractivity contribution is 5.49. The van der Waals surface area contributed by atoms with Crippen LogP contribution >= 0.6 is 0 Å². The second-order valence-electron chi connectivity index (χ2n) is 4.89. The molecule has 20 heavy (non-hydrogen) atoms. The Bertz CT molecular complexity index is 391. The van der Waals surface area contributed by atoms with Crippen LogP contribution in [-0.2, 0) is 16.0 Å². The van der Waals surface area contributed by atoms with Crippen molar-refractivity contribution >= 4 is 5.69 Å². The molecular weight excluding hydrogens is 256 g/mol. The zero-order chi connectivity index (χ0) is 15.0. The Kier molecular flexibility index (Phi) is 7.43. The minimum absolute atomic E-state index is 0.292. The third-order valence-electron chi connectivity index (χ3n) is 3.05. The second kappa shape index (κ2) is 8.84. The number of anilines is 1. The van der Waals surface area contributed by atoms with E-state index in [9.17, 15) is 0 Å². The van der Waals surface area contributed by atoms with Gasteiger partial charge in [-0.25, -0.2) is 9.97 Å². The molecule has 0 fully saturated rings. The third kappa shape index (κ3) is 4.70. The normalized spacial score (nSPS) is 11.1. The molecule has 6 nitrogen and oxygen atoms in total. The summed E-state index contributed by atoms with van der Waals surface area (Å²) in [7, 11) is 3.38. The predicted octanol–water partition coefficient (Wildman–Crippen LogP) is 1.16. The molecule has 0 unspecified atom stereocenters.